The molecule has 3 aromatic heterocycles. The van der Waals surface area contributed by atoms with Crippen LogP contribution in [0.25, 0.3) is 21.7 Å². The van der Waals surface area contributed by atoms with Gasteiger partial charge in [-0.25, -0.2) is 4.98 Å². The molecule has 0 amide bonds. The number of rotatable bonds is 4. The molecule has 5 rings (SSSR count). The Morgan fingerprint density at radius 2 is 2.11 bits per heavy atom. The fraction of sp³-hybridized carbons (Fsp3) is 0.263. The number of hydrogen-bond donors (Lipinski definition) is 0. The lowest BCUT2D eigenvalue weighted by molar-refractivity contribution is 0.413. The Labute approximate surface area is 158 Å². The molecule has 136 valence electrons. The third kappa shape index (κ3) is 2.73. The molecular formula is C19H16N4O3S. The van der Waals surface area contributed by atoms with Gasteiger partial charge in [0.15, 0.2) is 5.82 Å². The maximum Gasteiger partial charge on any atom is 0.262 e. The molecule has 0 unspecified atom stereocenters. The molecule has 0 spiro atoms. The van der Waals surface area contributed by atoms with Gasteiger partial charge in [0.05, 0.1) is 25.4 Å². The zero-order valence-corrected chi connectivity index (χ0v) is 15.5. The highest BCUT2D eigenvalue weighted by Gasteiger charge is 2.21. The van der Waals surface area contributed by atoms with Crippen LogP contribution < -0.4 is 10.3 Å². The van der Waals surface area contributed by atoms with Crippen LogP contribution in [-0.4, -0.2) is 26.8 Å². The van der Waals surface area contributed by atoms with Crippen LogP contribution in [0, 0.1) is 0 Å². The van der Waals surface area contributed by atoms with Gasteiger partial charge in [-0.15, -0.1) is 11.3 Å². The smallest absolute Gasteiger partial charge is 0.262 e. The van der Waals surface area contributed by atoms with E-state index in [-0.39, 0.29) is 12.1 Å². The van der Waals surface area contributed by atoms with E-state index in [1.54, 1.807) is 29.3 Å². The van der Waals surface area contributed by atoms with E-state index in [9.17, 15) is 4.79 Å². The van der Waals surface area contributed by atoms with Gasteiger partial charge in [0.2, 0.25) is 0 Å². The largest absolute Gasteiger partial charge is 0.497 e. The van der Waals surface area contributed by atoms with Crippen LogP contribution in [0.2, 0.25) is 0 Å². The van der Waals surface area contributed by atoms with Crippen molar-refractivity contribution in [3.05, 3.63) is 57.2 Å². The van der Waals surface area contributed by atoms with E-state index in [2.05, 4.69) is 15.1 Å². The molecule has 0 fully saturated rings. The highest BCUT2D eigenvalue weighted by atomic mass is 32.1. The number of ether oxygens (including phenoxy) is 1. The lowest BCUT2D eigenvalue weighted by atomic mass is 10.2. The number of methoxy groups -OCH3 is 1. The Balaban J connectivity index is 1.46. The molecule has 3 heterocycles. The number of nitrogens with zero attached hydrogens (tertiary/aromatic N) is 4. The Bertz CT molecular complexity index is 1190. The van der Waals surface area contributed by atoms with Gasteiger partial charge in [0.25, 0.3) is 11.4 Å². The topological polar surface area (TPSA) is 83.0 Å². The van der Waals surface area contributed by atoms with E-state index in [1.807, 2.05) is 24.3 Å². The van der Waals surface area contributed by atoms with Gasteiger partial charge in [0, 0.05) is 10.4 Å². The molecule has 1 aromatic carbocycles. The maximum absolute atomic E-state index is 12.9. The van der Waals surface area contributed by atoms with Crippen LogP contribution in [0.3, 0.4) is 0 Å². The van der Waals surface area contributed by atoms with E-state index in [0.717, 1.165) is 40.8 Å². The predicted octanol–water partition coefficient (Wildman–Crippen LogP) is 3.05. The first-order valence-corrected chi connectivity index (χ1v) is 9.51. The van der Waals surface area contributed by atoms with Crippen LogP contribution >= 0.6 is 11.3 Å². The molecule has 0 radical (unpaired) electrons. The van der Waals surface area contributed by atoms with Gasteiger partial charge in [-0.1, -0.05) is 5.16 Å². The average molecular weight is 380 g/mol. The van der Waals surface area contributed by atoms with E-state index >= 15 is 0 Å². The van der Waals surface area contributed by atoms with Gasteiger partial charge in [-0.05, 0) is 49.1 Å². The second kappa shape index (κ2) is 6.31. The third-order valence-corrected chi connectivity index (χ3v) is 6.01. The highest BCUT2D eigenvalue weighted by Crippen LogP contribution is 2.34. The van der Waals surface area contributed by atoms with Crippen LogP contribution in [0.5, 0.6) is 5.75 Å². The van der Waals surface area contributed by atoms with Crippen molar-refractivity contribution >= 4 is 21.6 Å². The second-order valence-electron chi connectivity index (χ2n) is 6.46. The third-order valence-electron chi connectivity index (χ3n) is 4.81. The standard InChI is InChI=1S/C19H16N4O3S/c1-25-12-7-5-11(6-8-12)17-21-15(22-26-17)9-23-10-20-18-16(19(23)24)13-3-2-4-14(13)27-18/h5-8,10H,2-4,9H2,1H3. The van der Waals surface area contributed by atoms with Crippen molar-refractivity contribution in [3.63, 3.8) is 0 Å². The number of thiophene rings is 1. The van der Waals surface area contributed by atoms with Crippen molar-refractivity contribution in [3.8, 4) is 17.2 Å². The zero-order valence-electron chi connectivity index (χ0n) is 14.6. The Kier molecular flexibility index (Phi) is 3.78. The molecule has 0 saturated carbocycles. The van der Waals surface area contributed by atoms with Crippen molar-refractivity contribution in [2.45, 2.75) is 25.8 Å². The van der Waals surface area contributed by atoms with Crippen molar-refractivity contribution in [1.82, 2.24) is 19.7 Å². The summed E-state index contributed by atoms with van der Waals surface area (Å²) in [5.74, 6) is 1.61. The quantitative estimate of drug-likeness (QED) is 0.541. The van der Waals surface area contributed by atoms with Gasteiger partial charge >= 0.3 is 0 Å². The fourth-order valence-electron chi connectivity index (χ4n) is 3.45. The highest BCUT2D eigenvalue weighted by molar-refractivity contribution is 7.18. The summed E-state index contributed by atoms with van der Waals surface area (Å²) in [6.07, 6.45) is 4.69. The summed E-state index contributed by atoms with van der Waals surface area (Å²) < 4.78 is 12.1. The Morgan fingerprint density at radius 3 is 2.93 bits per heavy atom. The zero-order chi connectivity index (χ0) is 18.4. The Hall–Kier alpha value is -3.00. The van der Waals surface area contributed by atoms with Crippen LogP contribution in [-0.2, 0) is 19.4 Å². The summed E-state index contributed by atoms with van der Waals surface area (Å²) >= 11 is 1.64. The molecular weight excluding hydrogens is 364 g/mol. The summed E-state index contributed by atoms with van der Waals surface area (Å²) in [7, 11) is 1.62. The normalized spacial score (nSPS) is 13.2. The molecule has 7 nitrogen and oxygen atoms in total. The molecule has 0 atom stereocenters. The number of benzene rings is 1. The molecule has 27 heavy (non-hydrogen) atoms. The fourth-order valence-corrected chi connectivity index (χ4v) is 4.67. The molecule has 8 heteroatoms. The molecule has 4 aromatic rings. The molecule has 0 bridgehead atoms. The van der Waals surface area contributed by atoms with Crippen LogP contribution in [0.15, 0.2) is 39.9 Å². The first-order valence-electron chi connectivity index (χ1n) is 8.69. The summed E-state index contributed by atoms with van der Waals surface area (Å²) in [6, 6.07) is 7.37. The van der Waals surface area contributed by atoms with Crippen LogP contribution in [0.1, 0.15) is 22.7 Å². The van der Waals surface area contributed by atoms with Crippen molar-refractivity contribution < 1.29 is 9.26 Å². The number of aromatic nitrogens is 4. The van der Waals surface area contributed by atoms with Crippen molar-refractivity contribution in [2.24, 2.45) is 0 Å². The van der Waals surface area contributed by atoms with Crippen molar-refractivity contribution in [1.29, 1.82) is 0 Å². The molecule has 0 saturated heterocycles. The monoisotopic (exact) mass is 380 g/mol. The first-order chi connectivity index (χ1) is 13.2. The minimum atomic E-state index is -0.0322. The minimum Gasteiger partial charge on any atom is -0.497 e. The minimum absolute atomic E-state index is 0.0322. The number of fused-ring (bicyclic) bond motifs is 3. The van der Waals surface area contributed by atoms with E-state index in [1.165, 1.54) is 10.4 Å². The Morgan fingerprint density at radius 1 is 1.26 bits per heavy atom. The summed E-state index contributed by atoms with van der Waals surface area (Å²) in [6.45, 7) is 0.228. The summed E-state index contributed by atoms with van der Waals surface area (Å²) in [5.41, 5.74) is 1.94. The van der Waals surface area contributed by atoms with E-state index in [0.29, 0.717) is 11.7 Å². The first kappa shape index (κ1) is 16.2. The summed E-state index contributed by atoms with van der Waals surface area (Å²) in [4.78, 5) is 23.9. The van der Waals surface area contributed by atoms with Gasteiger partial charge in [-0.3, -0.25) is 9.36 Å². The molecule has 0 N–H and O–H groups in total. The lowest BCUT2D eigenvalue weighted by Gasteiger charge is -2.02. The van der Waals surface area contributed by atoms with E-state index in [4.69, 9.17) is 9.26 Å². The summed E-state index contributed by atoms with van der Waals surface area (Å²) in [5, 5.41) is 4.77. The lowest BCUT2D eigenvalue weighted by Crippen LogP contribution is -2.21. The average Bonchev–Trinajstić information content (AvgIpc) is 3.40. The predicted molar refractivity (Wildman–Crippen MR) is 101 cm³/mol. The van der Waals surface area contributed by atoms with Crippen LogP contribution in [0.4, 0.5) is 0 Å². The van der Waals surface area contributed by atoms with E-state index < -0.39 is 0 Å². The molecule has 1 aliphatic carbocycles. The number of aryl methyl sites for hydroxylation is 2. The van der Waals surface area contributed by atoms with Crippen molar-refractivity contribution in [2.75, 3.05) is 7.11 Å². The SMILES string of the molecule is COc1ccc(-c2nc(Cn3cnc4sc5c(c4c3=O)CCC5)no2)cc1. The molecule has 0 aliphatic heterocycles. The maximum atomic E-state index is 12.9. The molecule has 1 aliphatic rings. The second-order valence-corrected chi connectivity index (χ2v) is 7.54. The van der Waals surface area contributed by atoms with Gasteiger partial charge in [0.1, 0.15) is 10.6 Å². The number of hydrogen-bond acceptors (Lipinski definition) is 7. The van der Waals surface area contributed by atoms with Gasteiger partial charge < -0.3 is 9.26 Å². The van der Waals surface area contributed by atoms with Gasteiger partial charge in [-0.2, -0.15) is 4.98 Å².